The molecule has 2 aliphatic rings. The second kappa shape index (κ2) is 9.47. The molecule has 2 aromatic rings. The molecule has 1 aromatic heterocycles. The van der Waals surface area contributed by atoms with Gasteiger partial charge in [0, 0.05) is 13.0 Å². The van der Waals surface area contributed by atoms with Crippen LogP contribution in [0, 0.1) is 11.7 Å². The van der Waals surface area contributed by atoms with Crippen LogP contribution >= 0.6 is 11.3 Å². The molecule has 6 nitrogen and oxygen atoms in total. The summed E-state index contributed by atoms with van der Waals surface area (Å²) in [7, 11) is 0. The Hall–Kier alpha value is -1.93. The number of ether oxygens (including phenoxy) is 3. The summed E-state index contributed by atoms with van der Waals surface area (Å²) in [6.45, 7) is 4.60. The SMILES string of the molecule is CC(=O)N[C@@H](C)COC1CCC(Oc2ccc3nc(OCC4CC4)sc3c2F)CC1. The van der Waals surface area contributed by atoms with Gasteiger partial charge in [-0.15, -0.1) is 0 Å². The van der Waals surface area contributed by atoms with Gasteiger partial charge in [-0.3, -0.25) is 4.79 Å². The fourth-order valence-corrected chi connectivity index (χ4v) is 4.57. The number of hydrogen-bond acceptors (Lipinski definition) is 6. The highest BCUT2D eigenvalue weighted by molar-refractivity contribution is 7.20. The van der Waals surface area contributed by atoms with E-state index in [1.165, 1.54) is 31.1 Å². The van der Waals surface area contributed by atoms with E-state index in [4.69, 9.17) is 14.2 Å². The molecule has 8 heteroatoms. The Bertz CT molecular complexity index is 877. The average molecular weight is 437 g/mol. The van der Waals surface area contributed by atoms with E-state index in [1.807, 2.05) is 6.92 Å². The molecule has 1 atom stereocenters. The summed E-state index contributed by atoms with van der Waals surface area (Å²) in [4.78, 5) is 15.5. The van der Waals surface area contributed by atoms with Crippen LogP contribution in [0.25, 0.3) is 10.2 Å². The van der Waals surface area contributed by atoms with Gasteiger partial charge < -0.3 is 19.5 Å². The highest BCUT2D eigenvalue weighted by atomic mass is 32.1. The number of carbonyl (C=O) groups excluding carboxylic acids is 1. The van der Waals surface area contributed by atoms with Gasteiger partial charge in [0.15, 0.2) is 11.6 Å². The first kappa shape index (κ1) is 21.3. The predicted octanol–water partition coefficient (Wildman–Crippen LogP) is 4.46. The minimum atomic E-state index is -0.353. The van der Waals surface area contributed by atoms with Crippen LogP contribution in [0.3, 0.4) is 0 Å². The third kappa shape index (κ3) is 5.60. The van der Waals surface area contributed by atoms with Gasteiger partial charge in [0.1, 0.15) is 0 Å². The van der Waals surface area contributed by atoms with Crippen molar-refractivity contribution in [1.29, 1.82) is 0 Å². The molecule has 1 heterocycles. The molecule has 4 rings (SSSR count). The highest BCUT2D eigenvalue weighted by Gasteiger charge is 2.26. The Labute approximate surface area is 180 Å². The first-order chi connectivity index (χ1) is 14.5. The zero-order valence-electron chi connectivity index (χ0n) is 17.5. The number of rotatable bonds is 9. The van der Waals surface area contributed by atoms with Crippen molar-refractivity contribution in [3.8, 4) is 10.9 Å². The predicted molar refractivity (Wildman–Crippen MR) is 114 cm³/mol. The molecule has 0 bridgehead atoms. The molecule has 0 spiro atoms. The lowest BCUT2D eigenvalue weighted by Crippen LogP contribution is -2.36. The molecule has 30 heavy (non-hydrogen) atoms. The number of fused-ring (bicyclic) bond motifs is 1. The van der Waals surface area contributed by atoms with E-state index >= 15 is 0 Å². The first-order valence-corrected chi connectivity index (χ1v) is 11.6. The Morgan fingerprint density at radius 1 is 1.23 bits per heavy atom. The minimum absolute atomic E-state index is 0.00477. The van der Waals surface area contributed by atoms with E-state index in [9.17, 15) is 9.18 Å². The maximum Gasteiger partial charge on any atom is 0.274 e. The quantitative estimate of drug-likeness (QED) is 0.629. The molecule has 2 fully saturated rings. The molecular formula is C22H29FN2O4S. The number of nitrogens with one attached hydrogen (secondary N) is 1. The summed E-state index contributed by atoms with van der Waals surface area (Å²) in [6.07, 6.45) is 5.90. The zero-order chi connectivity index (χ0) is 21.1. The number of nitrogens with zero attached hydrogens (tertiary/aromatic N) is 1. The second-order valence-corrected chi connectivity index (χ2v) is 9.37. The van der Waals surface area contributed by atoms with Crippen LogP contribution in [0.15, 0.2) is 12.1 Å². The van der Waals surface area contributed by atoms with E-state index in [0.717, 1.165) is 25.7 Å². The van der Waals surface area contributed by atoms with Gasteiger partial charge >= 0.3 is 0 Å². The topological polar surface area (TPSA) is 69.7 Å². The monoisotopic (exact) mass is 436 g/mol. The molecule has 0 unspecified atom stereocenters. The van der Waals surface area contributed by atoms with Crippen molar-refractivity contribution >= 4 is 27.5 Å². The van der Waals surface area contributed by atoms with E-state index in [0.29, 0.717) is 34.5 Å². The van der Waals surface area contributed by atoms with E-state index in [2.05, 4.69) is 10.3 Å². The van der Waals surface area contributed by atoms with Gasteiger partial charge in [-0.25, -0.2) is 9.37 Å². The smallest absolute Gasteiger partial charge is 0.274 e. The van der Waals surface area contributed by atoms with Crippen molar-refractivity contribution in [2.75, 3.05) is 13.2 Å². The van der Waals surface area contributed by atoms with Crippen LogP contribution in [0.5, 0.6) is 10.9 Å². The average Bonchev–Trinajstić information content (AvgIpc) is 3.45. The number of thiazole rings is 1. The molecule has 1 N–H and O–H groups in total. The Morgan fingerprint density at radius 2 is 1.97 bits per heavy atom. The maximum atomic E-state index is 15.0. The van der Waals surface area contributed by atoms with Crippen LogP contribution in [-0.2, 0) is 9.53 Å². The lowest BCUT2D eigenvalue weighted by atomic mass is 9.95. The number of amides is 1. The highest BCUT2D eigenvalue weighted by Crippen LogP contribution is 2.37. The van der Waals surface area contributed by atoms with Crippen LogP contribution in [-0.4, -0.2) is 42.4 Å². The zero-order valence-corrected chi connectivity index (χ0v) is 18.3. The normalized spacial score (nSPS) is 22.6. The van der Waals surface area contributed by atoms with Crippen LogP contribution in [0.4, 0.5) is 4.39 Å². The molecule has 2 aliphatic carbocycles. The van der Waals surface area contributed by atoms with Crippen LogP contribution < -0.4 is 14.8 Å². The fraction of sp³-hybridized carbons (Fsp3) is 0.636. The van der Waals surface area contributed by atoms with Crippen molar-refractivity contribution in [1.82, 2.24) is 10.3 Å². The van der Waals surface area contributed by atoms with Gasteiger partial charge in [0.05, 0.1) is 35.6 Å². The third-order valence-electron chi connectivity index (χ3n) is 5.53. The molecule has 2 saturated carbocycles. The van der Waals surface area contributed by atoms with E-state index in [-0.39, 0.29) is 35.7 Å². The lowest BCUT2D eigenvalue weighted by molar-refractivity contribution is -0.120. The Kier molecular flexibility index (Phi) is 6.73. The molecular weight excluding hydrogens is 407 g/mol. The summed E-state index contributed by atoms with van der Waals surface area (Å²) in [5.74, 6) is 0.510. The number of aromatic nitrogens is 1. The third-order valence-corrected chi connectivity index (χ3v) is 6.50. The molecule has 0 saturated heterocycles. The molecule has 0 radical (unpaired) electrons. The van der Waals surface area contributed by atoms with Gasteiger partial charge in [0.25, 0.3) is 5.19 Å². The van der Waals surface area contributed by atoms with Crippen LogP contribution in [0.1, 0.15) is 52.4 Å². The molecule has 1 aromatic carbocycles. The number of carbonyl (C=O) groups is 1. The molecule has 1 amide bonds. The number of halogens is 1. The maximum absolute atomic E-state index is 15.0. The van der Waals surface area contributed by atoms with Crippen LogP contribution in [0.2, 0.25) is 0 Å². The Morgan fingerprint density at radius 3 is 2.67 bits per heavy atom. The summed E-state index contributed by atoms with van der Waals surface area (Å²) in [6, 6.07) is 3.46. The van der Waals surface area contributed by atoms with Crippen molar-refractivity contribution in [2.24, 2.45) is 5.92 Å². The molecule has 164 valence electrons. The van der Waals surface area contributed by atoms with Gasteiger partial charge in [-0.1, -0.05) is 11.3 Å². The Balaban J connectivity index is 1.28. The van der Waals surface area contributed by atoms with Gasteiger partial charge in [0.2, 0.25) is 5.91 Å². The summed E-state index contributed by atoms with van der Waals surface area (Å²) in [5.41, 5.74) is 0.612. The summed E-state index contributed by atoms with van der Waals surface area (Å²) >= 11 is 1.25. The van der Waals surface area contributed by atoms with Gasteiger partial charge in [-0.05, 0) is 63.5 Å². The molecule has 0 aliphatic heterocycles. The van der Waals surface area contributed by atoms with Crippen molar-refractivity contribution in [3.05, 3.63) is 17.9 Å². The number of benzene rings is 1. The standard InChI is InChI=1S/C22H29FN2O4S/c1-13(24-14(2)26)11-27-16-5-7-17(8-6-16)29-19-10-9-18-21(20(19)23)30-22(25-18)28-12-15-3-4-15/h9-10,13,15-17H,3-8,11-12H2,1-2H3,(H,24,26)/t13-,16?,17?/m0/s1. The summed E-state index contributed by atoms with van der Waals surface area (Å²) < 4.78 is 33.0. The largest absolute Gasteiger partial charge is 0.487 e. The van der Waals surface area contributed by atoms with Crippen molar-refractivity contribution in [2.45, 2.75) is 70.6 Å². The number of hydrogen-bond donors (Lipinski definition) is 1. The lowest BCUT2D eigenvalue weighted by Gasteiger charge is -2.30. The fourth-order valence-electron chi connectivity index (χ4n) is 3.71. The minimum Gasteiger partial charge on any atom is -0.487 e. The van der Waals surface area contributed by atoms with Crippen molar-refractivity contribution < 1.29 is 23.4 Å². The van der Waals surface area contributed by atoms with Gasteiger partial charge in [-0.2, -0.15) is 0 Å². The second-order valence-electron chi connectivity index (χ2n) is 8.41. The first-order valence-electron chi connectivity index (χ1n) is 10.7. The summed E-state index contributed by atoms with van der Waals surface area (Å²) in [5, 5.41) is 3.35. The van der Waals surface area contributed by atoms with E-state index in [1.54, 1.807) is 12.1 Å². The van der Waals surface area contributed by atoms with Crippen molar-refractivity contribution in [3.63, 3.8) is 0 Å². The van der Waals surface area contributed by atoms with E-state index < -0.39 is 0 Å².